The van der Waals surface area contributed by atoms with E-state index in [0.29, 0.717) is 12.0 Å². The minimum Gasteiger partial charge on any atom is -0.504 e. The van der Waals surface area contributed by atoms with Gasteiger partial charge in [-0.3, -0.25) is 0 Å². The fourth-order valence-electron chi connectivity index (χ4n) is 1.48. The van der Waals surface area contributed by atoms with Crippen molar-refractivity contribution < 1.29 is 20.1 Å². The number of hydrogen-bond donors (Lipinski definition) is 3. The molecule has 1 aromatic carbocycles. The number of phenols is 2. The van der Waals surface area contributed by atoms with Crippen LogP contribution in [-0.4, -0.2) is 26.6 Å². The normalized spacial score (nSPS) is 10.3. The van der Waals surface area contributed by atoms with Gasteiger partial charge in [0, 0.05) is 5.33 Å². The molecule has 0 spiro atoms. The second-order valence-electron chi connectivity index (χ2n) is 3.42. The fraction of sp³-hybridized carbons (Fsp3) is 0.364. The molecule has 16 heavy (non-hydrogen) atoms. The fourth-order valence-corrected chi connectivity index (χ4v) is 1.88. The van der Waals surface area contributed by atoms with Gasteiger partial charge < -0.3 is 15.3 Å². The molecule has 0 aliphatic carbocycles. The number of alkyl halides is 1. The quantitative estimate of drug-likeness (QED) is 0.442. The number of hydrogen-bond acceptors (Lipinski definition) is 3. The highest BCUT2D eigenvalue weighted by molar-refractivity contribution is 9.09. The molecule has 1 rings (SSSR count). The number of unbranched alkanes of at least 4 members (excludes halogenated alkanes) is 1. The smallest absolute Gasteiger partial charge is 0.339 e. The molecule has 0 aliphatic heterocycles. The van der Waals surface area contributed by atoms with Gasteiger partial charge in [0.05, 0.1) is 0 Å². The zero-order valence-electron chi connectivity index (χ0n) is 8.61. The Hall–Kier alpha value is -1.23. The Morgan fingerprint density at radius 2 is 1.94 bits per heavy atom. The summed E-state index contributed by atoms with van der Waals surface area (Å²) < 4.78 is 0. The van der Waals surface area contributed by atoms with Gasteiger partial charge in [-0.05, 0) is 30.9 Å². The predicted molar refractivity (Wildman–Crippen MR) is 63.5 cm³/mol. The lowest BCUT2D eigenvalue weighted by Crippen LogP contribution is -2.03. The van der Waals surface area contributed by atoms with Crippen LogP contribution in [0.2, 0.25) is 0 Å². The summed E-state index contributed by atoms with van der Waals surface area (Å²) in [5.41, 5.74) is 0.346. The van der Waals surface area contributed by atoms with Crippen LogP contribution in [0.1, 0.15) is 28.8 Å². The van der Waals surface area contributed by atoms with Crippen LogP contribution in [0.5, 0.6) is 11.5 Å². The van der Waals surface area contributed by atoms with Gasteiger partial charge in [-0.2, -0.15) is 0 Å². The molecule has 0 amide bonds. The van der Waals surface area contributed by atoms with E-state index in [0.717, 1.165) is 18.2 Å². The van der Waals surface area contributed by atoms with E-state index in [2.05, 4.69) is 15.9 Å². The Kier molecular flexibility index (Phi) is 4.61. The molecule has 3 N–H and O–H groups in total. The Morgan fingerprint density at radius 1 is 1.25 bits per heavy atom. The van der Waals surface area contributed by atoms with Gasteiger partial charge in [0.15, 0.2) is 11.5 Å². The number of aromatic carboxylic acids is 1. The first-order valence-corrected chi connectivity index (χ1v) is 6.03. The minimum atomic E-state index is -1.22. The van der Waals surface area contributed by atoms with Crippen LogP contribution in [0.25, 0.3) is 0 Å². The van der Waals surface area contributed by atoms with E-state index in [-0.39, 0.29) is 5.56 Å². The average molecular weight is 289 g/mol. The molecule has 0 unspecified atom stereocenters. The average Bonchev–Trinajstić information content (AvgIpc) is 2.23. The molecule has 0 heterocycles. The largest absolute Gasteiger partial charge is 0.504 e. The van der Waals surface area contributed by atoms with Gasteiger partial charge in [0.25, 0.3) is 0 Å². The summed E-state index contributed by atoms with van der Waals surface area (Å²) in [5, 5.41) is 28.5. The van der Waals surface area contributed by atoms with Crippen molar-refractivity contribution >= 4 is 21.9 Å². The zero-order chi connectivity index (χ0) is 12.1. The number of carboxylic acid groups (broad SMARTS) is 1. The van der Waals surface area contributed by atoms with Crippen LogP contribution in [0, 0.1) is 0 Å². The number of phenolic OH excluding ortho intramolecular Hbond substituents is 1. The number of benzene rings is 1. The highest BCUT2D eigenvalue weighted by atomic mass is 79.9. The van der Waals surface area contributed by atoms with E-state index in [4.69, 9.17) is 5.11 Å². The number of rotatable bonds is 5. The number of carbonyl (C=O) groups is 1. The molecule has 0 saturated heterocycles. The monoisotopic (exact) mass is 288 g/mol. The molecule has 0 fully saturated rings. The Bertz CT molecular complexity index is 390. The van der Waals surface area contributed by atoms with Gasteiger partial charge >= 0.3 is 5.97 Å². The predicted octanol–water partition coefficient (Wildman–Crippen LogP) is 2.51. The number of carboxylic acids is 1. The maximum absolute atomic E-state index is 10.9. The van der Waals surface area contributed by atoms with E-state index in [1.807, 2.05) is 0 Å². The van der Waals surface area contributed by atoms with Gasteiger partial charge in [0.1, 0.15) is 5.56 Å². The van der Waals surface area contributed by atoms with Crippen molar-refractivity contribution in [3.05, 3.63) is 23.3 Å². The van der Waals surface area contributed by atoms with Crippen molar-refractivity contribution in [2.45, 2.75) is 19.3 Å². The number of aromatic hydroxyl groups is 2. The molecule has 0 aromatic heterocycles. The highest BCUT2D eigenvalue weighted by Gasteiger charge is 2.17. The molecule has 0 atom stereocenters. The van der Waals surface area contributed by atoms with Crippen LogP contribution in [0.4, 0.5) is 0 Å². The molecule has 4 nitrogen and oxygen atoms in total. The minimum absolute atomic E-state index is 0.199. The molecular weight excluding hydrogens is 276 g/mol. The van der Waals surface area contributed by atoms with E-state index in [1.165, 1.54) is 12.1 Å². The summed E-state index contributed by atoms with van der Waals surface area (Å²) >= 11 is 3.29. The SMILES string of the molecule is O=C(O)c1c(CCCCBr)ccc(O)c1O. The van der Waals surface area contributed by atoms with Crippen molar-refractivity contribution in [2.75, 3.05) is 5.33 Å². The first-order chi connectivity index (χ1) is 7.57. The van der Waals surface area contributed by atoms with Crippen LogP contribution >= 0.6 is 15.9 Å². The number of halogens is 1. The molecule has 1 aromatic rings. The third-order valence-corrected chi connectivity index (χ3v) is 2.85. The van der Waals surface area contributed by atoms with Crippen molar-refractivity contribution in [1.29, 1.82) is 0 Å². The van der Waals surface area contributed by atoms with E-state index < -0.39 is 17.5 Å². The van der Waals surface area contributed by atoms with Crippen LogP contribution < -0.4 is 0 Å². The molecule has 88 valence electrons. The summed E-state index contributed by atoms with van der Waals surface area (Å²) in [6.45, 7) is 0. The second kappa shape index (κ2) is 5.75. The Labute approximate surface area is 102 Å². The summed E-state index contributed by atoms with van der Waals surface area (Å²) in [6, 6.07) is 2.85. The summed E-state index contributed by atoms with van der Waals surface area (Å²) in [6.07, 6.45) is 2.33. The van der Waals surface area contributed by atoms with Crippen molar-refractivity contribution in [3.8, 4) is 11.5 Å². The van der Waals surface area contributed by atoms with Crippen molar-refractivity contribution in [1.82, 2.24) is 0 Å². The van der Waals surface area contributed by atoms with Crippen LogP contribution in [0.3, 0.4) is 0 Å². The van der Waals surface area contributed by atoms with Gasteiger partial charge in [0.2, 0.25) is 0 Å². The Morgan fingerprint density at radius 3 is 2.50 bits per heavy atom. The third kappa shape index (κ3) is 2.88. The summed E-state index contributed by atoms with van der Waals surface area (Å²) in [5.74, 6) is -2.17. The molecule has 0 aliphatic rings. The van der Waals surface area contributed by atoms with Crippen molar-refractivity contribution in [2.24, 2.45) is 0 Å². The summed E-state index contributed by atoms with van der Waals surface area (Å²) in [7, 11) is 0. The van der Waals surface area contributed by atoms with Gasteiger partial charge in [-0.1, -0.05) is 22.0 Å². The lowest BCUT2D eigenvalue weighted by molar-refractivity contribution is 0.0691. The lowest BCUT2D eigenvalue weighted by atomic mass is 10.0. The molecule has 5 heteroatoms. The first-order valence-electron chi connectivity index (χ1n) is 4.91. The standard InChI is InChI=1S/C11H13BrO4/c12-6-2-1-3-7-4-5-8(13)10(14)9(7)11(15)16/h4-5,13-14H,1-3,6H2,(H,15,16). The van der Waals surface area contributed by atoms with Crippen LogP contribution in [-0.2, 0) is 6.42 Å². The Balaban J connectivity index is 2.99. The molecular formula is C11H13BrO4. The zero-order valence-corrected chi connectivity index (χ0v) is 10.2. The second-order valence-corrected chi connectivity index (χ2v) is 4.21. The topological polar surface area (TPSA) is 77.8 Å². The van der Waals surface area contributed by atoms with E-state index >= 15 is 0 Å². The highest BCUT2D eigenvalue weighted by Crippen LogP contribution is 2.32. The number of aryl methyl sites for hydroxylation is 1. The first kappa shape index (κ1) is 12.8. The van der Waals surface area contributed by atoms with Gasteiger partial charge in [-0.15, -0.1) is 0 Å². The van der Waals surface area contributed by atoms with E-state index in [1.54, 1.807) is 0 Å². The van der Waals surface area contributed by atoms with Crippen LogP contribution in [0.15, 0.2) is 12.1 Å². The molecule has 0 saturated carbocycles. The van der Waals surface area contributed by atoms with E-state index in [9.17, 15) is 15.0 Å². The van der Waals surface area contributed by atoms with Crippen molar-refractivity contribution in [3.63, 3.8) is 0 Å². The lowest BCUT2D eigenvalue weighted by Gasteiger charge is -2.08. The maximum atomic E-state index is 10.9. The molecule has 0 radical (unpaired) electrons. The van der Waals surface area contributed by atoms with Gasteiger partial charge in [-0.25, -0.2) is 4.79 Å². The summed E-state index contributed by atoms with van der Waals surface area (Å²) in [4.78, 5) is 10.9. The maximum Gasteiger partial charge on any atom is 0.339 e. The third-order valence-electron chi connectivity index (χ3n) is 2.29. The molecule has 0 bridgehead atoms.